The summed E-state index contributed by atoms with van der Waals surface area (Å²) in [5.74, 6) is 2.45. The fraction of sp³-hybridized carbons (Fsp3) is 0.160. The van der Waals surface area contributed by atoms with Crippen LogP contribution < -0.4 is 19.5 Å². The fourth-order valence-electron chi connectivity index (χ4n) is 3.59. The number of nitrogens with zero attached hydrogens (tertiary/aromatic N) is 3. The molecule has 0 radical (unpaired) electrons. The Kier molecular flexibility index (Phi) is 6.09. The van der Waals surface area contributed by atoms with Gasteiger partial charge in [-0.25, -0.2) is 0 Å². The van der Waals surface area contributed by atoms with E-state index >= 15 is 0 Å². The molecule has 1 amide bonds. The van der Waals surface area contributed by atoms with E-state index in [-0.39, 0.29) is 12.7 Å². The molecule has 1 aliphatic heterocycles. The molecule has 9 heteroatoms. The average molecular weight is 475 g/mol. The van der Waals surface area contributed by atoms with Crippen molar-refractivity contribution in [2.45, 2.75) is 17.3 Å². The summed E-state index contributed by atoms with van der Waals surface area (Å²) in [7, 11) is 1.63. The third-order valence-electron chi connectivity index (χ3n) is 5.29. The van der Waals surface area contributed by atoms with Crippen LogP contribution in [-0.4, -0.2) is 39.8 Å². The van der Waals surface area contributed by atoms with E-state index < -0.39 is 5.25 Å². The molecule has 0 saturated heterocycles. The Morgan fingerprint density at radius 2 is 1.79 bits per heavy atom. The predicted octanol–water partition coefficient (Wildman–Crippen LogP) is 4.79. The van der Waals surface area contributed by atoms with Crippen LogP contribution in [0.25, 0.3) is 17.1 Å². The molecule has 3 aromatic carbocycles. The lowest BCUT2D eigenvalue weighted by molar-refractivity contribution is -0.115. The van der Waals surface area contributed by atoms with Gasteiger partial charge >= 0.3 is 0 Å². The molecular formula is C25H22N4O4S. The minimum absolute atomic E-state index is 0.162. The second kappa shape index (κ2) is 9.48. The first-order valence-electron chi connectivity index (χ1n) is 10.7. The molecule has 1 N–H and O–H groups in total. The number of fused-ring (bicyclic) bond motifs is 1. The van der Waals surface area contributed by atoms with Crippen LogP contribution in [0.15, 0.2) is 78.0 Å². The number of hydrogen-bond acceptors (Lipinski definition) is 7. The number of rotatable bonds is 7. The summed E-state index contributed by atoms with van der Waals surface area (Å²) >= 11 is 1.33. The SMILES string of the molecule is COc1ccccc1-c1nnc(S[C@H](C)C(=O)Nc2ccc3c(c2)OCO3)n1-c1ccccc1. The molecule has 0 bridgehead atoms. The highest BCUT2D eigenvalue weighted by atomic mass is 32.2. The zero-order chi connectivity index (χ0) is 23.5. The number of anilines is 1. The van der Waals surface area contributed by atoms with Gasteiger partial charge in [0.25, 0.3) is 0 Å². The van der Waals surface area contributed by atoms with E-state index in [1.807, 2.05) is 66.1 Å². The summed E-state index contributed by atoms with van der Waals surface area (Å²) < 4.78 is 18.2. The molecule has 4 aromatic rings. The number of benzene rings is 3. The standard InChI is InChI=1S/C25H22N4O4S/c1-16(24(30)26-17-12-13-21-22(14-17)33-15-32-21)34-25-28-27-23(19-10-6-7-11-20(19)31-2)29(25)18-8-4-3-5-9-18/h3-14,16H,15H2,1-2H3,(H,26,30)/t16-/m1/s1. The first-order chi connectivity index (χ1) is 16.6. The maximum atomic E-state index is 13.0. The Labute approximate surface area is 200 Å². The second-order valence-electron chi connectivity index (χ2n) is 7.49. The number of hydrogen-bond donors (Lipinski definition) is 1. The molecule has 172 valence electrons. The Morgan fingerprint density at radius 3 is 2.62 bits per heavy atom. The Hall–Kier alpha value is -3.98. The molecule has 0 unspecified atom stereocenters. The van der Waals surface area contributed by atoms with E-state index in [2.05, 4.69) is 15.5 Å². The highest BCUT2D eigenvalue weighted by molar-refractivity contribution is 8.00. The van der Waals surface area contributed by atoms with E-state index in [0.717, 1.165) is 11.3 Å². The van der Waals surface area contributed by atoms with Gasteiger partial charge in [0, 0.05) is 17.4 Å². The molecule has 8 nitrogen and oxygen atoms in total. The minimum Gasteiger partial charge on any atom is -0.496 e. The van der Waals surface area contributed by atoms with E-state index in [0.29, 0.717) is 33.9 Å². The van der Waals surface area contributed by atoms with Crippen molar-refractivity contribution in [3.8, 4) is 34.3 Å². The van der Waals surface area contributed by atoms with Crippen LogP contribution in [0.2, 0.25) is 0 Å². The van der Waals surface area contributed by atoms with Crippen LogP contribution >= 0.6 is 11.8 Å². The van der Waals surface area contributed by atoms with Crippen molar-refractivity contribution in [2.24, 2.45) is 0 Å². The van der Waals surface area contributed by atoms with Crippen LogP contribution in [0.4, 0.5) is 5.69 Å². The van der Waals surface area contributed by atoms with Crippen LogP contribution in [0.5, 0.6) is 17.2 Å². The molecule has 0 spiro atoms. The first-order valence-corrected chi connectivity index (χ1v) is 11.5. The molecule has 34 heavy (non-hydrogen) atoms. The van der Waals surface area contributed by atoms with Gasteiger partial charge in [-0.05, 0) is 43.3 Å². The van der Waals surface area contributed by atoms with Gasteiger partial charge < -0.3 is 19.5 Å². The lowest BCUT2D eigenvalue weighted by Crippen LogP contribution is -2.22. The van der Waals surface area contributed by atoms with Gasteiger partial charge in [-0.1, -0.05) is 42.1 Å². The van der Waals surface area contributed by atoms with Gasteiger partial charge in [0.2, 0.25) is 12.7 Å². The van der Waals surface area contributed by atoms with Crippen LogP contribution in [0, 0.1) is 0 Å². The van der Waals surface area contributed by atoms with E-state index in [4.69, 9.17) is 14.2 Å². The van der Waals surface area contributed by atoms with E-state index in [1.54, 1.807) is 25.3 Å². The lowest BCUT2D eigenvalue weighted by Gasteiger charge is -2.15. The van der Waals surface area contributed by atoms with Crippen molar-refractivity contribution in [3.63, 3.8) is 0 Å². The largest absolute Gasteiger partial charge is 0.496 e. The average Bonchev–Trinajstić information content (AvgIpc) is 3.51. The number of thioether (sulfide) groups is 1. The quantitative estimate of drug-likeness (QED) is 0.385. The van der Waals surface area contributed by atoms with Crippen molar-refractivity contribution < 1.29 is 19.0 Å². The second-order valence-corrected chi connectivity index (χ2v) is 8.80. The van der Waals surface area contributed by atoms with Crippen molar-refractivity contribution in [3.05, 3.63) is 72.8 Å². The minimum atomic E-state index is -0.442. The number of carbonyl (C=O) groups is 1. The summed E-state index contributed by atoms with van der Waals surface area (Å²) in [4.78, 5) is 13.0. The Balaban J connectivity index is 1.43. The van der Waals surface area contributed by atoms with Crippen LogP contribution in [0.3, 0.4) is 0 Å². The zero-order valence-corrected chi connectivity index (χ0v) is 19.4. The summed E-state index contributed by atoms with van der Waals surface area (Å²) in [6, 6.07) is 22.8. The van der Waals surface area contributed by atoms with Gasteiger partial charge in [0.1, 0.15) is 5.75 Å². The number of para-hydroxylation sites is 2. The molecule has 5 rings (SSSR count). The Morgan fingerprint density at radius 1 is 1.03 bits per heavy atom. The monoisotopic (exact) mass is 474 g/mol. The molecule has 0 aliphatic carbocycles. The summed E-state index contributed by atoms with van der Waals surface area (Å²) in [6.45, 7) is 2.02. The number of amides is 1. The number of carbonyl (C=O) groups excluding carboxylic acids is 1. The van der Waals surface area contributed by atoms with Gasteiger partial charge in [-0.2, -0.15) is 0 Å². The third-order valence-corrected chi connectivity index (χ3v) is 6.33. The molecule has 1 aromatic heterocycles. The van der Waals surface area contributed by atoms with E-state index in [1.165, 1.54) is 11.8 Å². The van der Waals surface area contributed by atoms with Gasteiger partial charge in [0.05, 0.1) is 17.9 Å². The predicted molar refractivity (Wildman–Crippen MR) is 130 cm³/mol. The highest BCUT2D eigenvalue weighted by Crippen LogP contribution is 2.36. The summed E-state index contributed by atoms with van der Waals surface area (Å²) in [6.07, 6.45) is 0. The molecule has 0 fully saturated rings. The molecule has 1 atom stereocenters. The highest BCUT2D eigenvalue weighted by Gasteiger charge is 2.24. The fourth-order valence-corrected chi connectivity index (χ4v) is 4.46. The van der Waals surface area contributed by atoms with Gasteiger partial charge in [0.15, 0.2) is 22.5 Å². The normalized spacial score (nSPS) is 12.9. The lowest BCUT2D eigenvalue weighted by atomic mass is 10.2. The maximum absolute atomic E-state index is 13.0. The number of aromatic nitrogens is 3. The van der Waals surface area contributed by atoms with Crippen molar-refractivity contribution in [1.29, 1.82) is 0 Å². The molecule has 1 aliphatic rings. The number of ether oxygens (including phenoxy) is 3. The smallest absolute Gasteiger partial charge is 0.237 e. The van der Waals surface area contributed by atoms with Gasteiger partial charge in [-0.3, -0.25) is 9.36 Å². The molecule has 0 saturated carbocycles. The topological polar surface area (TPSA) is 87.5 Å². The third kappa shape index (κ3) is 4.29. The number of nitrogens with one attached hydrogen (secondary N) is 1. The molecular weight excluding hydrogens is 452 g/mol. The van der Waals surface area contributed by atoms with Crippen molar-refractivity contribution >= 4 is 23.4 Å². The van der Waals surface area contributed by atoms with E-state index in [9.17, 15) is 4.79 Å². The molecule has 2 heterocycles. The summed E-state index contributed by atoms with van der Waals surface area (Å²) in [5, 5.41) is 12.0. The first kappa shape index (κ1) is 21.8. The maximum Gasteiger partial charge on any atom is 0.237 e. The van der Waals surface area contributed by atoms with Crippen LogP contribution in [0.1, 0.15) is 6.92 Å². The number of methoxy groups -OCH3 is 1. The van der Waals surface area contributed by atoms with Crippen molar-refractivity contribution in [2.75, 3.05) is 19.2 Å². The van der Waals surface area contributed by atoms with Crippen LogP contribution in [-0.2, 0) is 4.79 Å². The summed E-state index contributed by atoms with van der Waals surface area (Å²) in [5.41, 5.74) is 2.34. The van der Waals surface area contributed by atoms with Crippen molar-refractivity contribution in [1.82, 2.24) is 14.8 Å². The Bertz CT molecular complexity index is 1330. The van der Waals surface area contributed by atoms with Gasteiger partial charge in [-0.15, -0.1) is 10.2 Å². The zero-order valence-electron chi connectivity index (χ0n) is 18.6.